The maximum atomic E-state index is 11.3. The molecule has 0 saturated heterocycles. The van der Waals surface area contributed by atoms with E-state index in [1.165, 1.54) is 0 Å². The summed E-state index contributed by atoms with van der Waals surface area (Å²) in [6.07, 6.45) is -0.708. The Balaban J connectivity index is 2.69. The zero-order valence-electron chi connectivity index (χ0n) is 8.87. The number of halogens is 2. The highest BCUT2D eigenvalue weighted by atomic mass is 79.9. The second-order valence-corrected chi connectivity index (χ2v) is 4.11. The Morgan fingerprint density at radius 2 is 2.31 bits per heavy atom. The summed E-state index contributed by atoms with van der Waals surface area (Å²) in [5.41, 5.74) is 0. The molecule has 0 saturated carbocycles. The third kappa shape index (κ3) is 3.64. The van der Waals surface area contributed by atoms with E-state index in [4.69, 9.17) is 21.1 Å². The topological polar surface area (TPSA) is 48.4 Å². The van der Waals surface area contributed by atoms with Crippen molar-refractivity contribution in [2.45, 2.75) is 20.0 Å². The van der Waals surface area contributed by atoms with Crippen LogP contribution in [0.25, 0.3) is 0 Å². The summed E-state index contributed by atoms with van der Waals surface area (Å²) in [6.45, 7) is 3.65. The molecule has 0 aliphatic carbocycles. The highest BCUT2D eigenvalue weighted by molar-refractivity contribution is 9.10. The number of hydrogen-bond acceptors (Lipinski definition) is 4. The number of hydrogen-bond donors (Lipinski definition) is 0. The third-order valence-electron chi connectivity index (χ3n) is 1.70. The number of esters is 1. The minimum absolute atomic E-state index is 0.200. The SMILES string of the molecule is CCOC(=O)C(C)Oc1ccc(Br)nc1Cl. The zero-order valence-corrected chi connectivity index (χ0v) is 11.2. The molecule has 6 heteroatoms. The first-order chi connectivity index (χ1) is 7.54. The quantitative estimate of drug-likeness (QED) is 0.634. The van der Waals surface area contributed by atoms with Gasteiger partial charge >= 0.3 is 5.97 Å². The number of nitrogens with zero attached hydrogens (tertiary/aromatic N) is 1. The monoisotopic (exact) mass is 307 g/mol. The Morgan fingerprint density at radius 1 is 1.62 bits per heavy atom. The van der Waals surface area contributed by atoms with Gasteiger partial charge in [0.1, 0.15) is 4.60 Å². The molecular formula is C10H11BrClNO3. The third-order valence-corrected chi connectivity index (χ3v) is 2.42. The highest BCUT2D eigenvalue weighted by Crippen LogP contribution is 2.25. The first-order valence-electron chi connectivity index (χ1n) is 4.70. The summed E-state index contributed by atoms with van der Waals surface area (Å²) < 4.78 is 10.7. The second kappa shape index (κ2) is 6.06. The van der Waals surface area contributed by atoms with Crippen LogP contribution in [0, 0.1) is 0 Å². The second-order valence-electron chi connectivity index (χ2n) is 2.94. The van der Waals surface area contributed by atoms with Crippen LogP contribution in [0.5, 0.6) is 5.75 Å². The predicted octanol–water partition coefficient (Wildman–Crippen LogP) is 2.83. The molecule has 0 aliphatic heterocycles. The Labute approximate surface area is 107 Å². The molecule has 1 aromatic heterocycles. The van der Waals surface area contributed by atoms with E-state index in [0.717, 1.165) is 0 Å². The summed E-state index contributed by atoms with van der Waals surface area (Å²) in [4.78, 5) is 15.2. The van der Waals surface area contributed by atoms with Gasteiger partial charge in [-0.2, -0.15) is 0 Å². The molecule has 16 heavy (non-hydrogen) atoms. The van der Waals surface area contributed by atoms with E-state index in [9.17, 15) is 4.79 Å². The van der Waals surface area contributed by atoms with Crippen LogP contribution in [0.1, 0.15) is 13.8 Å². The van der Waals surface area contributed by atoms with E-state index in [2.05, 4.69) is 20.9 Å². The van der Waals surface area contributed by atoms with Crippen LogP contribution in [-0.4, -0.2) is 23.7 Å². The van der Waals surface area contributed by atoms with Crippen LogP contribution in [0.4, 0.5) is 0 Å². The lowest BCUT2D eigenvalue weighted by Crippen LogP contribution is -2.26. The van der Waals surface area contributed by atoms with E-state index in [-0.39, 0.29) is 5.15 Å². The summed E-state index contributed by atoms with van der Waals surface area (Å²) in [5, 5.41) is 0.200. The van der Waals surface area contributed by atoms with Crippen LogP contribution >= 0.6 is 27.5 Å². The summed E-state index contributed by atoms with van der Waals surface area (Å²) in [6, 6.07) is 3.31. The molecule has 0 aliphatic rings. The highest BCUT2D eigenvalue weighted by Gasteiger charge is 2.17. The average molecular weight is 309 g/mol. The van der Waals surface area contributed by atoms with Crippen molar-refractivity contribution in [3.63, 3.8) is 0 Å². The lowest BCUT2D eigenvalue weighted by Gasteiger charge is -2.13. The minimum Gasteiger partial charge on any atom is -0.476 e. The Morgan fingerprint density at radius 3 is 2.88 bits per heavy atom. The van der Waals surface area contributed by atoms with E-state index >= 15 is 0 Å². The molecule has 1 rings (SSSR count). The zero-order chi connectivity index (χ0) is 12.1. The van der Waals surface area contributed by atoms with Crippen molar-refractivity contribution in [1.82, 2.24) is 4.98 Å². The Kier molecular flexibility index (Phi) is 5.02. The lowest BCUT2D eigenvalue weighted by molar-refractivity contribution is -0.150. The number of rotatable bonds is 4. The van der Waals surface area contributed by atoms with Crippen LogP contribution in [0.2, 0.25) is 5.15 Å². The molecule has 0 fully saturated rings. The van der Waals surface area contributed by atoms with Gasteiger partial charge in [0, 0.05) is 0 Å². The van der Waals surface area contributed by atoms with Gasteiger partial charge in [0.15, 0.2) is 17.0 Å². The minimum atomic E-state index is -0.708. The first-order valence-corrected chi connectivity index (χ1v) is 5.87. The van der Waals surface area contributed by atoms with Gasteiger partial charge in [-0.1, -0.05) is 11.6 Å². The number of aromatic nitrogens is 1. The van der Waals surface area contributed by atoms with Gasteiger partial charge in [0.05, 0.1) is 6.61 Å². The van der Waals surface area contributed by atoms with Crippen molar-refractivity contribution < 1.29 is 14.3 Å². The number of carbonyl (C=O) groups excluding carboxylic acids is 1. The molecule has 0 radical (unpaired) electrons. The molecule has 4 nitrogen and oxygen atoms in total. The number of carbonyl (C=O) groups is 1. The average Bonchev–Trinajstić information content (AvgIpc) is 2.22. The predicted molar refractivity (Wildman–Crippen MR) is 63.7 cm³/mol. The fraction of sp³-hybridized carbons (Fsp3) is 0.400. The normalized spacial score (nSPS) is 12.0. The van der Waals surface area contributed by atoms with Gasteiger partial charge in [-0.15, -0.1) is 0 Å². The van der Waals surface area contributed by atoms with E-state index < -0.39 is 12.1 Å². The van der Waals surface area contributed by atoms with Crippen molar-refractivity contribution >= 4 is 33.5 Å². The summed E-state index contributed by atoms with van der Waals surface area (Å²) in [5.74, 6) is -0.0769. The fourth-order valence-electron chi connectivity index (χ4n) is 0.985. The fourth-order valence-corrected chi connectivity index (χ4v) is 1.60. The number of pyridine rings is 1. The van der Waals surface area contributed by atoms with Crippen LogP contribution in [0.15, 0.2) is 16.7 Å². The molecule has 1 atom stereocenters. The van der Waals surface area contributed by atoms with Crippen molar-refractivity contribution in [3.05, 3.63) is 21.9 Å². The largest absolute Gasteiger partial charge is 0.476 e. The summed E-state index contributed by atoms with van der Waals surface area (Å²) >= 11 is 9.01. The molecule has 0 bridgehead atoms. The van der Waals surface area contributed by atoms with Crippen molar-refractivity contribution in [2.24, 2.45) is 0 Å². The maximum absolute atomic E-state index is 11.3. The molecule has 0 aromatic carbocycles. The van der Waals surface area contributed by atoms with Crippen LogP contribution in [0.3, 0.4) is 0 Å². The van der Waals surface area contributed by atoms with Gasteiger partial charge < -0.3 is 9.47 Å². The van der Waals surface area contributed by atoms with Gasteiger partial charge in [0.25, 0.3) is 0 Å². The molecular weight excluding hydrogens is 297 g/mol. The van der Waals surface area contributed by atoms with Gasteiger partial charge in [-0.3, -0.25) is 0 Å². The van der Waals surface area contributed by atoms with Gasteiger partial charge in [-0.25, -0.2) is 9.78 Å². The van der Waals surface area contributed by atoms with E-state index in [0.29, 0.717) is 17.0 Å². The van der Waals surface area contributed by atoms with Crippen molar-refractivity contribution in [2.75, 3.05) is 6.61 Å². The molecule has 0 N–H and O–H groups in total. The lowest BCUT2D eigenvalue weighted by atomic mass is 10.4. The van der Waals surface area contributed by atoms with Gasteiger partial charge in [0.2, 0.25) is 0 Å². The molecule has 0 spiro atoms. The summed E-state index contributed by atoms with van der Waals surface area (Å²) in [7, 11) is 0. The molecule has 0 amide bonds. The van der Waals surface area contributed by atoms with Gasteiger partial charge in [-0.05, 0) is 41.9 Å². The van der Waals surface area contributed by atoms with Crippen molar-refractivity contribution in [3.8, 4) is 5.75 Å². The van der Waals surface area contributed by atoms with Crippen LogP contribution < -0.4 is 4.74 Å². The Hall–Kier alpha value is -0.810. The molecule has 1 aromatic rings. The standard InChI is InChI=1S/C10H11BrClNO3/c1-3-15-10(14)6(2)16-7-4-5-8(11)13-9(7)12/h4-6H,3H2,1-2H3. The molecule has 1 heterocycles. The maximum Gasteiger partial charge on any atom is 0.347 e. The molecule has 88 valence electrons. The molecule has 1 unspecified atom stereocenters. The van der Waals surface area contributed by atoms with Crippen molar-refractivity contribution in [1.29, 1.82) is 0 Å². The number of ether oxygens (including phenoxy) is 2. The first kappa shape index (κ1) is 13.3. The van der Waals surface area contributed by atoms with E-state index in [1.807, 2.05) is 0 Å². The van der Waals surface area contributed by atoms with Crippen LogP contribution in [-0.2, 0) is 9.53 Å². The Bertz CT molecular complexity index is 386. The van der Waals surface area contributed by atoms with E-state index in [1.54, 1.807) is 26.0 Å². The smallest absolute Gasteiger partial charge is 0.347 e.